The Balaban J connectivity index is 2.00. The first-order valence-electron chi connectivity index (χ1n) is 6.17. The number of nitrogens with one attached hydrogen (secondary N) is 1. The number of thiophene rings is 1. The molecule has 4 nitrogen and oxygen atoms in total. The molecule has 0 saturated carbocycles. The maximum atomic E-state index is 12.0. The van der Waals surface area contributed by atoms with E-state index in [1.54, 1.807) is 17.6 Å². The van der Waals surface area contributed by atoms with Crippen molar-refractivity contribution in [3.8, 4) is 0 Å². The SMILES string of the molecule is CO[C@@H](C(=O)N/N=C\c1sccc1C)c1ccccc1. The minimum absolute atomic E-state index is 0.288. The third-order valence-corrected chi connectivity index (χ3v) is 3.79. The van der Waals surface area contributed by atoms with Crippen molar-refractivity contribution in [3.05, 3.63) is 57.8 Å². The van der Waals surface area contributed by atoms with Gasteiger partial charge in [-0.25, -0.2) is 5.43 Å². The molecule has 0 aliphatic rings. The molecule has 1 N–H and O–H groups in total. The van der Waals surface area contributed by atoms with Gasteiger partial charge in [-0.05, 0) is 29.5 Å². The zero-order chi connectivity index (χ0) is 14.4. The molecule has 0 saturated heterocycles. The molecule has 1 aromatic carbocycles. The summed E-state index contributed by atoms with van der Waals surface area (Å²) in [5.74, 6) is -0.288. The molecule has 0 bridgehead atoms. The van der Waals surface area contributed by atoms with E-state index >= 15 is 0 Å². The molecule has 1 aromatic heterocycles. The number of hydrazone groups is 1. The molecule has 0 aliphatic carbocycles. The second-order valence-corrected chi connectivity index (χ2v) is 5.18. The lowest BCUT2D eigenvalue weighted by Crippen LogP contribution is -2.26. The van der Waals surface area contributed by atoms with Gasteiger partial charge in [0.2, 0.25) is 0 Å². The quantitative estimate of drug-likeness (QED) is 0.679. The van der Waals surface area contributed by atoms with Gasteiger partial charge in [-0.1, -0.05) is 30.3 Å². The van der Waals surface area contributed by atoms with E-state index in [9.17, 15) is 4.79 Å². The van der Waals surface area contributed by atoms with Gasteiger partial charge in [-0.2, -0.15) is 5.10 Å². The Bertz CT molecular complexity index is 593. The number of hydrogen-bond acceptors (Lipinski definition) is 4. The smallest absolute Gasteiger partial charge is 0.273 e. The van der Waals surface area contributed by atoms with Crippen LogP contribution in [0.15, 0.2) is 46.9 Å². The van der Waals surface area contributed by atoms with Crippen LogP contribution < -0.4 is 5.43 Å². The minimum atomic E-state index is -0.655. The van der Waals surface area contributed by atoms with Crippen molar-refractivity contribution in [1.82, 2.24) is 5.43 Å². The molecular formula is C15H16N2O2S. The fourth-order valence-electron chi connectivity index (χ4n) is 1.75. The molecule has 2 rings (SSSR count). The fourth-order valence-corrected chi connectivity index (χ4v) is 2.54. The standard InChI is InChI=1S/C15H16N2O2S/c1-11-8-9-20-13(11)10-16-17-15(18)14(19-2)12-6-4-3-5-7-12/h3-10,14H,1-2H3,(H,17,18)/b16-10-/t14-/m1/s1. The number of methoxy groups -OCH3 is 1. The number of ether oxygens (including phenoxy) is 1. The van der Waals surface area contributed by atoms with Crippen LogP contribution in [0.3, 0.4) is 0 Å². The summed E-state index contributed by atoms with van der Waals surface area (Å²) in [4.78, 5) is 13.1. The van der Waals surface area contributed by atoms with Crippen molar-refractivity contribution >= 4 is 23.5 Å². The van der Waals surface area contributed by atoms with Crippen LogP contribution in [-0.2, 0) is 9.53 Å². The predicted molar refractivity (Wildman–Crippen MR) is 81.0 cm³/mol. The first-order chi connectivity index (χ1) is 9.72. The van der Waals surface area contributed by atoms with Gasteiger partial charge in [0, 0.05) is 12.0 Å². The number of carbonyl (C=O) groups excluding carboxylic acids is 1. The molecule has 5 heteroatoms. The zero-order valence-corrected chi connectivity index (χ0v) is 12.2. The van der Waals surface area contributed by atoms with Crippen LogP contribution in [0.4, 0.5) is 0 Å². The maximum absolute atomic E-state index is 12.0. The number of aryl methyl sites for hydroxylation is 1. The molecule has 2 aromatic rings. The Morgan fingerprint density at radius 2 is 2.10 bits per heavy atom. The highest BCUT2D eigenvalue weighted by molar-refractivity contribution is 7.11. The summed E-state index contributed by atoms with van der Waals surface area (Å²) in [5.41, 5.74) is 4.45. The van der Waals surface area contributed by atoms with Gasteiger partial charge in [0.15, 0.2) is 6.10 Å². The van der Waals surface area contributed by atoms with Gasteiger partial charge < -0.3 is 4.74 Å². The highest BCUT2D eigenvalue weighted by Crippen LogP contribution is 2.16. The highest BCUT2D eigenvalue weighted by atomic mass is 32.1. The molecule has 0 fully saturated rings. The van der Waals surface area contributed by atoms with E-state index in [0.717, 1.165) is 16.0 Å². The second-order valence-electron chi connectivity index (χ2n) is 4.23. The molecule has 1 atom stereocenters. The van der Waals surface area contributed by atoms with Crippen molar-refractivity contribution in [2.75, 3.05) is 7.11 Å². The molecular weight excluding hydrogens is 272 g/mol. The summed E-state index contributed by atoms with van der Waals surface area (Å²) >= 11 is 1.58. The molecule has 104 valence electrons. The Morgan fingerprint density at radius 3 is 2.70 bits per heavy atom. The van der Waals surface area contributed by atoms with Crippen molar-refractivity contribution in [1.29, 1.82) is 0 Å². The third kappa shape index (κ3) is 3.53. The van der Waals surface area contributed by atoms with Gasteiger partial charge in [0.1, 0.15) is 0 Å². The topological polar surface area (TPSA) is 50.7 Å². The van der Waals surface area contributed by atoms with Gasteiger partial charge in [0.05, 0.1) is 6.21 Å². The van der Waals surface area contributed by atoms with Crippen LogP contribution in [0.2, 0.25) is 0 Å². The largest absolute Gasteiger partial charge is 0.367 e. The summed E-state index contributed by atoms with van der Waals surface area (Å²) < 4.78 is 5.23. The lowest BCUT2D eigenvalue weighted by molar-refractivity contribution is -0.131. The average molecular weight is 288 g/mol. The average Bonchev–Trinajstić information content (AvgIpc) is 2.86. The lowest BCUT2D eigenvalue weighted by Gasteiger charge is -2.13. The van der Waals surface area contributed by atoms with Gasteiger partial charge in [0.25, 0.3) is 5.91 Å². The van der Waals surface area contributed by atoms with Gasteiger partial charge >= 0.3 is 0 Å². The molecule has 0 spiro atoms. The summed E-state index contributed by atoms with van der Waals surface area (Å²) in [7, 11) is 1.50. The van der Waals surface area contributed by atoms with E-state index in [1.165, 1.54) is 7.11 Å². The Labute approximate surface area is 122 Å². The molecule has 0 radical (unpaired) electrons. The Morgan fingerprint density at radius 1 is 1.35 bits per heavy atom. The van der Waals surface area contributed by atoms with E-state index in [4.69, 9.17) is 4.74 Å². The minimum Gasteiger partial charge on any atom is -0.367 e. The monoisotopic (exact) mass is 288 g/mol. The fraction of sp³-hybridized carbons (Fsp3) is 0.200. The van der Waals surface area contributed by atoms with Crippen LogP contribution in [0.25, 0.3) is 0 Å². The number of rotatable bonds is 5. The van der Waals surface area contributed by atoms with Gasteiger partial charge in [-0.15, -0.1) is 11.3 Å². The zero-order valence-electron chi connectivity index (χ0n) is 11.4. The summed E-state index contributed by atoms with van der Waals surface area (Å²) in [6.07, 6.45) is 0.994. The number of amides is 1. The van der Waals surface area contributed by atoms with Crippen molar-refractivity contribution < 1.29 is 9.53 Å². The summed E-state index contributed by atoms with van der Waals surface area (Å²) in [6.45, 7) is 2.00. The molecule has 1 heterocycles. The summed E-state index contributed by atoms with van der Waals surface area (Å²) in [6, 6.07) is 11.3. The van der Waals surface area contributed by atoms with Crippen molar-refractivity contribution in [2.24, 2.45) is 5.10 Å². The van der Waals surface area contributed by atoms with E-state index in [2.05, 4.69) is 10.5 Å². The van der Waals surface area contributed by atoms with Crippen molar-refractivity contribution in [3.63, 3.8) is 0 Å². The highest BCUT2D eigenvalue weighted by Gasteiger charge is 2.19. The molecule has 0 aliphatic heterocycles. The first kappa shape index (κ1) is 14.4. The summed E-state index contributed by atoms with van der Waals surface area (Å²) in [5, 5.41) is 5.96. The van der Waals surface area contributed by atoms with E-state index in [1.807, 2.05) is 48.7 Å². The van der Waals surface area contributed by atoms with Crippen LogP contribution in [-0.4, -0.2) is 19.2 Å². The van der Waals surface area contributed by atoms with E-state index < -0.39 is 6.10 Å². The Kier molecular flexibility index (Phi) is 5.03. The number of hydrogen-bond donors (Lipinski definition) is 1. The predicted octanol–water partition coefficient (Wildman–Crippen LogP) is 2.89. The molecule has 1 amide bonds. The van der Waals surface area contributed by atoms with Gasteiger partial charge in [-0.3, -0.25) is 4.79 Å². The van der Waals surface area contributed by atoms with E-state index in [-0.39, 0.29) is 5.91 Å². The molecule has 20 heavy (non-hydrogen) atoms. The Hall–Kier alpha value is -1.98. The van der Waals surface area contributed by atoms with Crippen LogP contribution in [0.1, 0.15) is 22.1 Å². The van der Waals surface area contributed by atoms with Crippen LogP contribution in [0.5, 0.6) is 0 Å². The van der Waals surface area contributed by atoms with Crippen LogP contribution >= 0.6 is 11.3 Å². The maximum Gasteiger partial charge on any atom is 0.273 e. The van der Waals surface area contributed by atoms with Crippen molar-refractivity contribution in [2.45, 2.75) is 13.0 Å². The number of benzene rings is 1. The number of carbonyl (C=O) groups is 1. The third-order valence-electron chi connectivity index (χ3n) is 2.83. The van der Waals surface area contributed by atoms with Crippen LogP contribution in [0, 0.1) is 6.92 Å². The van der Waals surface area contributed by atoms with E-state index in [0.29, 0.717) is 0 Å². The second kappa shape index (κ2) is 6.98. The molecule has 0 unspecified atom stereocenters. The lowest BCUT2D eigenvalue weighted by atomic mass is 10.1. The first-order valence-corrected chi connectivity index (χ1v) is 7.05. The normalized spacial score (nSPS) is 12.5. The number of nitrogens with zero attached hydrogens (tertiary/aromatic N) is 1.